The molecule has 1 aromatic heterocycles. The summed E-state index contributed by atoms with van der Waals surface area (Å²) < 4.78 is 5.21. The number of rotatable bonds is 3. The molecule has 18 heavy (non-hydrogen) atoms. The van der Waals surface area contributed by atoms with Crippen LogP contribution in [0.2, 0.25) is 0 Å². The van der Waals surface area contributed by atoms with E-state index in [1.165, 1.54) is 36.0 Å². The van der Waals surface area contributed by atoms with Gasteiger partial charge in [-0.3, -0.25) is 0 Å². The fourth-order valence-electron chi connectivity index (χ4n) is 2.55. The highest BCUT2D eigenvalue weighted by Gasteiger charge is 2.16. The zero-order valence-electron chi connectivity index (χ0n) is 10.5. The summed E-state index contributed by atoms with van der Waals surface area (Å²) in [7, 11) is 1.69. The van der Waals surface area contributed by atoms with Crippen LogP contribution in [0.15, 0.2) is 29.6 Å². The Labute approximate surface area is 111 Å². The van der Waals surface area contributed by atoms with E-state index in [4.69, 9.17) is 10.5 Å². The Morgan fingerprint density at radius 3 is 2.83 bits per heavy atom. The molecule has 0 aliphatic heterocycles. The molecular weight excluding hydrogens is 242 g/mol. The molecule has 2 nitrogen and oxygen atoms in total. The lowest BCUT2D eigenvalue weighted by molar-refractivity contribution is 0.416. The molecule has 1 atom stereocenters. The Morgan fingerprint density at radius 2 is 2.06 bits per heavy atom. The highest BCUT2D eigenvalue weighted by molar-refractivity contribution is 7.10. The highest BCUT2D eigenvalue weighted by Crippen LogP contribution is 2.31. The molecule has 2 aromatic rings. The Bertz CT molecular complexity index is 561. The van der Waals surface area contributed by atoms with Crippen molar-refractivity contribution in [3.8, 4) is 5.75 Å². The SMILES string of the molecule is COc1csc(C(N)c2ccc3c(c2)CCC3)c1. The number of benzene rings is 1. The van der Waals surface area contributed by atoms with Gasteiger partial charge >= 0.3 is 0 Å². The van der Waals surface area contributed by atoms with E-state index in [0.29, 0.717) is 0 Å². The fourth-order valence-corrected chi connectivity index (χ4v) is 3.44. The van der Waals surface area contributed by atoms with Crippen LogP contribution >= 0.6 is 11.3 Å². The Balaban J connectivity index is 1.89. The van der Waals surface area contributed by atoms with E-state index in [1.54, 1.807) is 18.4 Å². The molecule has 1 aliphatic rings. The monoisotopic (exact) mass is 259 g/mol. The zero-order valence-corrected chi connectivity index (χ0v) is 11.3. The number of methoxy groups -OCH3 is 1. The third-order valence-corrected chi connectivity index (χ3v) is 4.61. The summed E-state index contributed by atoms with van der Waals surface area (Å²) in [6, 6.07) is 8.68. The summed E-state index contributed by atoms with van der Waals surface area (Å²) >= 11 is 1.66. The predicted molar refractivity (Wildman–Crippen MR) is 75.4 cm³/mol. The van der Waals surface area contributed by atoms with Crippen molar-refractivity contribution in [2.75, 3.05) is 7.11 Å². The second-order valence-corrected chi connectivity index (χ2v) is 5.69. The summed E-state index contributed by atoms with van der Waals surface area (Å²) in [6.45, 7) is 0. The minimum Gasteiger partial charge on any atom is -0.496 e. The molecule has 1 aromatic carbocycles. The van der Waals surface area contributed by atoms with Gasteiger partial charge in [-0.2, -0.15) is 0 Å². The summed E-state index contributed by atoms with van der Waals surface area (Å²) in [4.78, 5) is 1.16. The van der Waals surface area contributed by atoms with Crippen LogP contribution in [0.3, 0.4) is 0 Å². The van der Waals surface area contributed by atoms with Crippen molar-refractivity contribution < 1.29 is 4.74 Å². The summed E-state index contributed by atoms with van der Waals surface area (Å²) in [5.74, 6) is 0.895. The van der Waals surface area contributed by atoms with Gasteiger partial charge < -0.3 is 10.5 Å². The maximum absolute atomic E-state index is 6.33. The highest BCUT2D eigenvalue weighted by atomic mass is 32.1. The molecule has 0 bridgehead atoms. The van der Waals surface area contributed by atoms with Crippen LogP contribution in [0.5, 0.6) is 5.75 Å². The standard InChI is InChI=1S/C15H17NOS/c1-17-13-8-14(18-9-13)15(16)12-6-5-10-3-2-4-11(10)7-12/h5-9,15H,2-4,16H2,1H3. The molecule has 3 rings (SSSR count). The van der Waals surface area contributed by atoms with Crippen molar-refractivity contribution in [1.82, 2.24) is 0 Å². The summed E-state index contributed by atoms with van der Waals surface area (Å²) in [5.41, 5.74) is 10.5. The number of ether oxygens (including phenoxy) is 1. The van der Waals surface area contributed by atoms with Gasteiger partial charge in [-0.1, -0.05) is 18.2 Å². The van der Waals surface area contributed by atoms with Gasteiger partial charge in [0, 0.05) is 10.3 Å². The van der Waals surface area contributed by atoms with E-state index < -0.39 is 0 Å². The van der Waals surface area contributed by atoms with Crippen LogP contribution < -0.4 is 10.5 Å². The molecule has 0 fully saturated rings. The van der Waals surface area contributed by atoms with E-state index in [2.05, 4.69) is 18.2 Å². The third kappa shape index (κ3) is 2.04. The van der Waals surface area contributed by atoms with E-state index in [-0.39, 0.29) is 6.04 Å². The van der Waals surface area contributed by atoms with Gasteiger partial charge in [0.2, 0.25) is 0 Å². The first-order chi connectivity index (χ1) is 8.78. The first-order valence-corrected chi connectivity index (χ1v) is 7.15. The van der Waals surface area contributed by atoms with Crippen LogP contribution in [0, 0.1) is 0 Å². The third-order valence-electron chi connectivity index (χ3n) is 3.62. The maximum Gasteiger partial charge on any atom is 0.129 e. The molecule has 0 amide bonds. The van der Waals surface area contributed by atoms with Crippen molar-refractivity contribution >= 4 is 11.3 Å². The molecule has 1 unspecified atom stereocenters. The lowest BCUT2D eigenvalue weighted by atomic mass is 10.0. The van der Waals surface area contributed by atoms with Crippen molar-refractivity contribution in [2.45, 2.75) is 25.3 Å². The van der Waals surface area contributed by atoms with Gasteiger partial charge in [0.1, 0.15) is 5.75 Å². The molecular formula is C15H17NOS. The minimum atomic E-state index is -0.0372. The second kappa shape index (κ2) is 4.75. The average molecular weight is 259 g/mol. The first-order valence-electron chi connectivity index (χ1n) is 6.27. The Hall–Kier alpha value is -1.32. The number of thiophene rings is 1. The van der Waals surface area contributed by atoms with Crippen molar-refractivity contribution in [1.29, 1.82) is 0 Å². The molecule has 94 valence electrons. The first kappa shape index (κ1) is 11.8. The lowest BCUT2D eigenvalue weighted by Gasteiger charge is -2.11. The molecule has 3 heteroatoms. The van der Waals surface area contributed by atoms with Crippen LogP contribution in [0.1, 0.15) is 34.0 Å². The van der Waals surface area contributed by atoms with Crippen molar-refractivity contribution in [3.63, 3.8) is 0 Å². The molecule has 2 N–H and O–H groups in total. The van der Waals surface area contributed by atoms with Gasteiger partial charge in [-0.15, -0.1) is 11.3 Å². The van der Waals surface area contributed by atoms with Crippen LogP contribution in [0.4, 0.5) is 0 Å². The van der Waals surface area contributed by atoms with E-state index in [9.17, 15) is 0 Å². The van der Waals surface area contributed by atoms with E-state index >= 15 is 0 Å². The van der Waals surface area contributed by atoms with Crippen LogP contribution in [-0.2, 0) is 12.8 Å². The number of hydrogen-bond donors (Lipinski definition) is 1. The summed E-state index contributed by atoms with van der Waals surface area (Å²) in [5, 5.41) is 2.00. The van der Waals surface area contributed by atoms with E-state index in [1.807, 2.05) is 11.4 Å². The maximum atomic E-state index is 6.33. The molecule has 1 aliphatic carbocycles. The number of aryl methyl sites for hydroxylation is 2. The largest absolute Gasteiger partial charge is 0.496 e. The normalized spacial score (nSPS) is 15.4. The van der Waals surface area contributed by atoms with Gasteiger partial charge in [-0.05, 0) is 42.0 Å². The van der Waals surface area contributed by atoms with Crippen molar-refractivity contribution in [3.05, 3.63) is 51.2 Å². The fraction of sp³-hybridized carbons (Fsp3) is 0.333. The quantitative estimate of drug-likeness (QED) is 0.918. The van der Waals surface area contributed by atoms with Gasteiger partial charge in [0.15, 0.2) is 0 Å². The number of hydrogen-bond acceptors (Lipinski definition) is 3. The second-order valence-electron chi connectivity index (χ2n) is 4.75. The molecule has 0 radical (unpaired) electrons. The number of fused-ring (bicyclic) bond motifs is 1. The van der Waals surface area contributed by atoms with Gasteiger partial charge in [-0.25, -0.2) is 0 Å². The predicted octanol–water partition coefficient (Wildman–Crippen LogP) is 3.29. The summed E-state index contributed by atoms with van der Waals surface area (Å²) in [6.07, 6.45) is 3.70. The minimum absolute atomic E-state index is 0.0372. The van der Waals surface area contributed by atoms with Crippen molar-refractivity contribution in [2.24, 2.45) is 5.73 Å². The average Bonchev–Trinajstić information content (AvgIpc) is 3.05. The van der Waals surface area contributed by atoms with Crippen LogP contribution in [0.25, 0.3) is 0 Å². The van der Waals surface area contributed by atoms with Gasteiger partial charge in [0.05, 0.1) is 13.2 Å². The topological polar surface area (TPSA) is 35.2 Å². The van der Waals surface area contributed by atoms with Gasteiger partial charge in [0.25, 0.3) is 0 Å². The molecule has 0 saturated carbocycles. The smallest absolute Gasteiger partial charge is 0.129 e. The lowest BCUT2D eigenvalue weighted by Crippen LogP contribution is -2.10. The van der Waals surface area contributed by atoms with E-state index in [0.717, 1.165) is 10.6 Å². The number of nitrogens with two attached hydrogens (primary N) is 1. The zero-order chi connectivity index (χ0) is 12.5. The molecule has 0 spiro atoms. The molecule has 1 heterocycles. The Morgan fingerprint density at radius 1 is 1.22 bits per heavy atom. The Kier molecular flexibility index (Phi) is 3.10. The van der Waals surface area contributed by atoms with Crippen LogP contribution in [-0.4, -0.2) is 7.11 Å². The molecule has 0 saturated heterocycles.